The quantitative estimate of drug-likeness (QED) is 0.433. The van der Waals surface area contributed by atoms with Crippen molar-refractivity contribution in [1.82, 2.24) is 19.3 Å². The normalized spacial score (nSPS) is 13.5. The van der Waals surface area contributed by atoms with Crippen LogP contribution in [0.5, 0.6) is 0 Å². The van der Waals surface area contributed by atoms with Crippen LogP contribution in [-0.4, -0.2) is 19.3 Å². The molecule has 32 heavy (non-hydrogen) atoms. The van der Waals surface area contributed by atoms with Crippen LogP contribution in [0.4, 0.5) is 11.6 Å². The van der Waals surface area contributed by atoms with Crippen molar-refractivity contribution < 1.29 is 0 Å². The second-order valence-electron chi connectivity index (χ2n) is 8.69. The van der Waals surface area contributed by atoms with Gasteiger partial charge >= 0.3 is 0 Å². The van der Waals surface area contributed by atoms with Crippen LogP contribution in [0.1, 0.15) is 53.6 Å². The summed E-state index contributed by atoms with van der Waals surface area (Å²) in [6.45, 7) is 7.55. The van der Waals surface area contributed by atoms with Gasteiger partial charge in [0.15, 0.2) is 0 Å². The summed E-state index contributed by atoms with van der Waals surface area (Å²) in [5.41, 5.74) is 5.59. The van der Waals surface area contributed by atoms with Crippen LogP contribution in [0.2, 0.25) is 0 Å². The summed E-state index contributed by atoms with van der Waals surface area (Å²) in [6, 6.07) is 10.4. The predicted octanol–water partition coefficient (Wildman–Crippen LogP) is 5.35. The van der Waals surface area contributed by atoms with Crippen molar-refractivity contribution in [2.45, 2.75) is 66.0 Å². The molecule has 6 nitrogen and oxygen atoms in total. The second kappa shape index (κ2) is 8.54. The van der Waals surface area contributed by atoms with Gasteiger partial charge in [0.05, 0.1) is 17.6 Å². The number of nitrogens with one attached hydrogen (secondary N) is 1. The molecule has 0 fully saturated rings. The van der Waals surface area contributed by atoms with Gasteiger partial charge in [-0.2, -0.15) is 5.10 Å². The third kappa shape index (κ3) is 3.86. The van der Waals surface area contributed by atoms with Crippen molar-refractivity contribution in [2.75, 3.05) is 5.32 Å². The van der Waals surface area contributed by atoms with E-state index >= 15 is 0 Å². The molecule has 1 aliphatic carbocycles. The molecule has 7 heteroatoms. The molecule has 0 saturated carbocycles. The van der Waals surface area contributed by atoms with E-state index in [0.29, 0.717) is 19.0 Å². The highest BCUT2D eigenvalue weighted by Gasteiger charge is 2.22. The van der Waals surface area contributed by atoms with Gasteiger partial charge in [0, 0.05) is 22.8 Å². The van der Waals surface area contributed by atoms with Crippen molar-refractivity contribution in [3.63, 3.8) is 0 Å². The summed E-state index contributed by atoms with van der Waals surface area (Å²) < 4.78 is 3.83. The summed E-state index contributed by atoms with van der Waals surface area (Å²) in [6.07, 6.45) is 5.32. The van der Waals surface area contributed by atoms with E-state index in [1.807, 2.05) is 28.3 Å². The zero-order valence-electron chi connectivity index (χ0n) is 18.9. The lowest BCUT2D eigenvalue weighted by molar-refractivity contribution is 0.655. The Morgan fingerprint density at radius 1 is 1.16 bits per heavy atom. The maximum absolute atomic E-state index is 13.5. The van der Waals surface area contributed by atoms with E-state index in [1.54, 1.807) is 11.3 Å². The summed E-state index contributed by atoms with van der Waals surface area (Å²) in [5, 5.41) is 8.87. The molecule has 166 valence electrons. The summed E-state index contributed by atoms with van der Waals surface area (Å²) in [5.74, 6) is 0.631. The minimum Gasteiger partial charge on any atom is -0.325 e. The highest BCUT2D eigenvalue weighted by atomic mass is 32.1. The Morgan fingerprint density at radius 3 is 2.78 bits per heavy atom. The Bertz CT molecular complexity index is 1350. The Hall–Kier alpha value is -2.93. The van der Waals surface area contributed by atoms with Gasteiger partial charge in [0.2, 0.25) is 5.95 Å². The maximum atomic E-state index is 13.5. The number of fused-ring (bicyclic) bond motifs is 3. The average molecular weight is 448 g/mol. The van der Waals surface area contributed by atoms with Crippen molar-refractivity contribution >= 4 is 33.2 Å². The van der Waals surface area contributed by atoms with Crippen LogP contribution in [0.3, 0.4) is 0 Å². The summed E-state index contributed by atoms with van der Waals surface area (Å²) >= 11 is 1.70. The Labute approximate surface area is 191 Å². The molecule has 0 spiro atoms. The Morgan fingerprint density at radius 2 is 2.00 bits per heavy atom. The van der Waals surface area contributed by atoms with E-state index in [-0.39, 0.29) is 5.56 Å². The molecule has 0 atom stereocenters. The molecule has 1 N–H and O–H groups in total. The number of nitrogens with zero attached hydrogens (tertiary/aromatic N) is 4. The van der Waals surface area contributed by atoms with Gasteiger partial charge in [-0.05, 0) is 75.3 Å². The number of benzene rings is 1. The lowest BCUT2D eigenvalue weighted by atomic mass is 9.97. The topological polar surface area (TPSA) is 64.7 Å². The molecule has 3 aromatic heterocycles. The number of hydrogen-bond donors (Lipinski definition) is 1. The number of aromatic nitrogens is 4. The van der Waals surface area contributed by atoms with Crippen LogP contribution >= 0.6 is 11.3 Å². The fourth-order valence-electron chi connectivity index (χ4n) is 4.65. The molecule has 3 heterocycles. The fraction of sp³-hybridized carbons (Fsp3) is 0.400. The number of anilines is 2. The van der Waals surface area contributed by atoms with Crippen molar-refractivity contribution in [2.24, 2.45) is 0 Å². The minimum absolute atomic E-state index is 0.0949. The number of thiophene rings is 1. The van der Waals surface area contributed by atoms with E-state index in [0.717, 1.165) is 58.5 Å². The lowest BCUT2D eigenvalue weighted by Gasteiger charge is -2.15. The molecule has 5 rings (SSSR count). The Balaban J connectivity index is 1.51. The van der Waals surface area contributed by atoms with Gasteiger partial charge < -0.3 is 5.32 Å². The molecule has 4 aromatic rings. The van der Waals surface area contributed by atoms with Crippen LogP contribution in [0.25, 0.3) is 10.2 Å². The van der Waals surface area contributed by atoms with Gasteiger partial charge in [-0.15, -0.1) is 11.3 Å². The molecule has 0 radical (unpaired) electrons. The van der Waals surface area contributed by atoms with E-state index in [1.165, 1.54) is 16.9 Å². The highest BCUT2D eigenvalue weighted by Crippen LogP contribution is 2.34. The summed E-state index contributed by atoms with van der Waals surface area (Å²) in [7, 11) is 0. The van der Waals surface area contributed by atoms with Crippen LogP contribution in [-0.2, 0) is 25.9 Å². The molecular weight excluding hydrogens is 418 g/mol. The first-order valence-electron chi connectivity index (χ1n) is 11.5. The third-order valence-corrected chi connectivity index (χ3v) is 7.33. The molecule has 0 bridgehead atoms. The van der Waals surface area contributed by atoms with Crippen molar-refractivity contribution in [3.8, 4) is 0 Å². The lowest BCUT2D eigenvalue weighted by Crippen LogP contribution is -2.24. The molecule has 0 aliphatic heterocycles. The van der Waals surface area contributed by atoms with Gasteiger partial charge in [-0.1, -0.05) is 19.1 Å². The number of hydrogen-bond acceptors (Lipinski definition) is 5. The minimum atomic E-state index is 0.0949. The van der Waals surface area contributed by atoms with Crippen molar-refractivity contribution in [3.05, 3.63) is 68.1 Å². The molecule has 0 saturated heterocycles. The average Bonchev–Trinajstić information content (AvgIpc) is 3.29. The molecular formula is C25H29N5OS. The fourth-order valence-corrected chi connectivity index (χ4v) is 5.90. The van der Waals surface area contributed by atoms with Gasteiger partial charge in [-0.25, -0.2) is 4.98 Å². The standard InChI is InChI=1S/C25H29N5OS/c1-4-12-29-24(31)22-20-10-5-6-11-21(20)32-23(22)27-25(29)26-19-9-7-8-18(14-19)15-30-17(3)13-16(2)28-30/h7-9,13-14H,4-6,10-12,15H2,1-3H3,(H,26,27). The van der Waals surface area contributed by atoms with Crippen LogP contribution in [0.15, 0.2) is 35.1 Å². The first kappa shape index (κ1) is 20.9. The second-order valence-corrected chi connectivity index (χ2v) is 9.78. The van der Waals surface area contributed by atoms with E-state index < -0.39 is 0 Å². The third-order valence-electron chi connectivity index (χ3n) is 6.14. The molecule has 0 amide bonds. The van der Waals surface area contributed by atoms with Gasteiger partial charge in [0.25, 0.3) is 5.56 Å². The van der Waals surface area contributed by atoms with E-state index in [9.17, 15) is 4.79 Å². The molecule has 1 aromatic carbocycles. The predicted molar refractivity (Wildman–Crippen MR) is 131 cm³/mol. The first-order chi connectivity index (χ1) is 15.5. The first-order valence-corrected chi connectivity index (χ1v) is 12.3. The molecule has 1 aliphatic rings. The van der Waals surface area contributed by atoms with Crippen molar-refractivity contribution in [1.29, 1.82) is 0 Å². The van der Waals surface area contributed by atoms with E-state index in [4.69, 9.17) is 4.98 Å². The monoisotopic (exact) mass is 447 g/mol. The number of rotatable bonds is 6. The van der Waals surface area contributed by atoms with Gasteiger partial charge in [-0.3, -0.25) is 14.0 Å². The van der Waals surface area contributed by atoms with E-state index in [2.05, 4.69) is 42.5 Å². The highest BCUT2D eigenvalue weighted by molar-refractivity contribution is 7.18. The maximum Gasteiger partial charge on any atom is 0.263 e. The smallest absolute Gasteiger partial charge is 0.263 e. The SMILES string of the molecule is CCCn1c(Nc2cccc(Cn3nc(C)cc3C)c2)nc2sc3c(c2c1=O)CCCC3. The van der Waals surface area contributed by atoms with Gasteiger partial charge in [0.1, 0.15) is 4.83 Å². The zero-order chi connectivity index (χ0) is 22.2. The molecule has 0 unspecified atom stereocenters. The van der Waals surface area contributed by atoms with Crippen LogP contribution in [0, 0.1) is 13.8 Å². The largest absolute Gasteiger partial charge is 0.325 e. The number of aryl methyl sites for hydroxylation is 4. The summed E-state index contributed by atoms with van der Waals surface area (Å²) in [4.78, 5) is 20.6. The Kier molecular flexibility index (Phi) is 5.59. The zero-order valence-corrected chi connectivity index (χ0v) is 19.8. The van der Waals surface area contributed by atoms with Crippen LogP contribution < -0.4 is 10.9 Å².